The number of ketones is 1. The quantitative estimate of drug-likeness (QED) is 0.416. The number of hydrogen-bond donors (Lipinski definition) is 2. The van der Waals surface area contributed by atoms with Gasteiger partial charge in [0.25, 0.3) is 5.78 Å². The Morgan fingerprint density at radius 2 is 1.90 bits per heavy atom. The van der Waals surface area contributed by atoms with E-state index in [1.54, 1.807) is 0 Å². The van der Waals surface area contributed by atoms with Crippen LogP contribution in [0, 0.1) is 0 Å². The van der Waals surface area contributed by atoms with Gasteiger partial charge in [-0.15, -0.1) is 0 Å². The topological polar surface area (TPSA) is 74.6 Å². The maximum atomic E-state index is 10.4. The molecule has 0 aromatic rings. The molecule has 0 aromatic heterocycles. The van der Waals surface area contributed by atoms with E-state index >= 15 is 0 Å². The molecule has 0 saturated carbocycles. The lowest BCUT2D eigenvalue weighted by Crippen LogP contribution is -2.28. The lowest BCUT2D eigenvalue weighted by molar-refractivity contribution is -0.152. The lowest BCUT2D eigenvalue weighted by atomic mass is 10.1. The van der Waals surface area contributed by atoms with Gasteiger partial charge in [-0.2, -0.15) is 0 Å². The summed E-state index contributed by atoms with van der Waals surface area (Å²) in [6, 6.07) is 0. The third-order valence-corrected chi connectivity index (χ3v) is 0.926. The molecule has 10 heavy (non-hydrogen) atoms. The predicted octanol–water partition coefficient (Wildman–Crippen LogP) is -0.423. The molecular formula is C6H8O4. The van der Waals surface area contributed by atoms with Crippen LogP contribution < -0.4 is 0 Å². The average molecular weight is 144 g/mol. The normalized spacial score (nSPS) is 12.2. The van der Waals surface area contributed by atoms with Gasteiger partial charge in [-0.3, -0.25) is 4.79 Å². The number of carbonyl (C=O) groups excluding carboxylic acids is 1. The Kier molecular flexibility index (Phi) is 2.76. The molecule has 0 amide bonds. The molecule has 0 bridgehead atoms. The van der Waals surface area contributed by atoms with Gasteiger partial charge in [-0.25, -0.2) is 4.79 Å². The van der Waals surface area contributed by atoms with Gasteiger partial charge in [0.2, 0.25) is 0 Å². The summed E-state index contributed by atoms with van der Waals surface area (Å²) in [5.74, 6) is -2.89. The molecule has 1 atom stereocenters. The molecule has 0 rings (SSSR count). The second kappa shape index (κ2) is 3.12. The van der Waals surface area contributed by atoms with E-state index in [-0.39, 0.29) is 5.57 Å². The van der Waals surface area contributed by atoms with Crippen molar-refractivity contribution in [2.24, 2.45) is 0 Å². The number of carbonyl (C=O) groups is 2. The van der Waals surface area contributed by atoms with Gasteiger partial charge in [0.15, 0.2) is 0 Å². The van der Waals surface area contributed by atoms with Gasteiger partial charge in [-0.05, 0) is 12.5 Å². The van der Waals surface area contributed by atoms with E-state index in [4.69, 9.17) is 10.2 Å². The summed E-state index contributed by atoms with van der Waals surface area (Å²) in [5.41, 5.74) is 0.132. The van der Waals surface area contributed by atoms with Crippen molar-refractivity contribution in [3.63, 3.8) is 0 Å². The van der Waals surface area contributed by atoms with Crippen molar-refractivity contribution in [2.75, 3.05) is 0 Å². The smallest absolute Gasteiger partial charge is 0.375 e. The van der Waals surface area contributed by atoms with Gasteiger partial charge in [0.1, 0.15) is 6.10 Å². The first-order valence-electron chi connectivity index (χ1n) is 2.57. The zero-order valence-electron chi connectivity index (χ0n) is 5.50. The number of Topliss-reactive ketones (excluding diaryl/α,β-unsaturated/α-hetero) is 1. The molecule has 4 heteroatoms. The second-order valence-electron chi connectivity index (χ2n) is 1.92. The van der Waals surface area contributed by atoms with Gasteiger partial charge in [0, 0.05) is 0 Å². The Labute approximate surface area is 57.8 Å². The summed E-state index contributed by atoms with van der Waals surface area (Å²) < 4.78 is 0. The van der Waals surface area contributed by atoms with E-state index in [0.717, 1.165) is 0 Å². The minimum absolute atomic E-state index is 0.132. The molecular weight excluding hydrogens is 136 g/mol. The molecule has 2 N–H and O–H groups in total. The van der Waals surface area contributed by atoms with Crippen LogP contribution in [0.25, 0.3) is 0 Å². The molecule has 0 saturated heterocycles. The fourth-order valence-electron chi connectivity index (χ4n) is 0.341. The monoisotopic (exact) mass is 144 g/mol. The zero-order valence-corrected chi connectivity index (χ0v) is 5.50. The Balaban J connectivity index is 4.22. The van der Waals surface area contributed by atoms with Crippen LogP contribution in [-0.4, -0.2) is 28.1 Å². The molecule has 4 nitrogen and oxygen atoms in total. The zero-order chi connectivity index (χ0) is 8.31. The second-order valence-corrected chi connectivity index (χ2v) is 1.92. The SMILES string of the molecule is C=C(C)C(O)C(=O)C(=O)O. The van der Waals surface area contributed by atoms with Crippen molar-refractivity contribution in [1.29, 1.82) is 0 Å². The number of rotatable bonds is 3. The molecule has 56 valence electrons. The Bertz CT molecular complexity index is 182. The summed E-state index contributed by atoms with van der Waals surface area (Å²) in [7, 11) is 0. The number of carboxylic acids is 1. The van der Waals surface area contributed by atoms with Crippen LogP contribution in [-0.2, 0) is 9.59 Å². The van der Waals surface area contributed by atoms with E-state index < -0.39 is 17.9 Å². The fourth-order valence-corrected chi connectivity index (χ4v) is 0.341. The highest BCUT2D eigenvalue weighted by atomic mass is 16.4. The lowest BCUT2D eigenvalue weighted by Gasteiger charge is -2.03. The maximum Gasteiger partial charge on any atom is 0.375 e. The number of carboxylic acid groups (broad SMARTS) is 1. The van der Waals surface area contributed by atoms with Crippen LogP contribution >= 0.6 is 0 Å². The van der Waals surface area contributed by atoms with E-state index in [1.165, 1.54) is 6.92 Å². The molecule has 0 radical (unpaired) electrons. The van der Waals surface area contributed by atoms with Gasteiger partial charge in [0.05, 0.1) is 0 Å². The first-order chi connectivity index (χ1) is 4.46. The third-order valence-electron chi connectivity index (χ3n) is 0.926. The number of hydrogen-bond acceptors (Lipinski definition) is 3. The highest BCUT2D eigenvalue weighted by molar-refractivity contribution is 6.35. The van der Waals surface area contributed by atoms with Crippen LogP contribution in [0.15, 0.2) is 12.2 Å². The number of aliphatic carboxylic acids is 1. The standard InChI is InChI=1S/C6H8O4/c1-3(2)4(7)5(8)6(9)10/h4,7H,1H2,2H3,(H,9,10). The summed E-state index contributed by atoms with van der Waals surface area (Å²) in [6.07, 6.45) is -1.57. The first-order valence-corrected chi connectivity index (χ1v) is 2.57. The number of aliphatic hydroxyl groups is 1. The van der Waals surface area contributed by atoms with Crippen LogP contribution in [0.4, 0.5) is 0 Å². The van der Waals surface area contributed by atoms with Crippen molar-refractivity contribution in [1.82, 2.24) is 0 Å². The summed E-state index contributed by atoms with van der Waals surface area (Å²) in [6.45, 7) is 4.60. The average Bonchev–Trinajstić information content (AvgIpc) is 1.84. The summed E-state index contributed by atoms with van der Waals surface area (Å²) in [4.78, 5) is 20.3. The molecule has 0 heterocycles. The van der Waals surface area contributed by atoms with Gasteiger partial charge < -0.3 is 10.2 Å². The minimum atomic E-state index is -1.64. The van der Waals surface area contributed by atoms with E-state index in [0.29, 0.717) is 0 Å². The highest BCUT2D eigenvalue weighted by Gasteiger charge is 2.22. The molecule has 1 unspecified atom stereocenters. The third kappa shape index (κ3) is 1.99. The largest absolute Gasteiger partial charge is 0.475 e. The molecule has 0 aliphatic heterocycles. The van der Waals surface area contributed by atoms with Crippen LogP contribution in [0.3, 0.4) is 0 Å². The van der Waals surface area contributed by atoms with Crippen LogP contribution in [0.2, 0.25) is 0 Å². The Morgan fingerprint density at radius 3 is 2.00 bits per heavy atom. The van der Waals surface area contributed by atoms with E-state index in [1.807, 2.05) is 0 Å². The number of aliphatic hydroxyl groups excluding tert-OH is 1. The predicted molar refractivity (Wildman–Crippen MR) is 33.5 cm³/mol. The maximum absolute atomic E-state index is 10.4. The molecule has 0 fully saturated rings. The molecule has 0 spiro atoms. The minimum Gasteiger partial charge on any atom is -0.475 e. The van der Waals surface area contributed by atoms with E-state index in [9.17, 15) is 9.59 Å². The summed E-state index contributed by atoms with van der Waals surface area (Å²) >= 11 is 0. The van der Waals surface area contributed by atoms with Crippen molar-refractivity contribution in [3.05, 3.63) is 12.2 Å². The summed E-state index contributed by atoms with van der Waals surface area (Å²) in [5, 5.41) is 16.8. The van der Waals surface area contributed by atoms with Crippen molar-refractivity contribution < 1.29 is 19.8 Å². The highest BCUT2D eigenvalue weighted by Crippen LogP contribution is 1.98. The first kappa shape index (κ1) is 8.84. The Hall–Kier alpha value is -1.16. The van der Waals surface area contributed by atoms with Crippen molar-refractivity contribution in [2.45, 2.75) is 13.0 Å². The van der Waals surface area contributed by atoms with Crippen LogP contribution in [0.1, 0.15) is 6.92 Å². The molecule has 0 aliphatic carbocycles. The molecule has 0 aromatic carbocycles. The van der Waals surface area contributed by atoms with Crippen molar-refractivity contribution in [3.8, 4) is 0 Å². The fraction of sp³-hybridized carbons (Fsp3) is 0.333. The van der Waals surface area contributed by atoms with Gasteiger partial charge >= 0.3 is 5.97 Å². The van der Waals surface area contributed by atoms with Crippen molar-refractivity contribution >= 4 is 11.8 Å². The Morgan fingerprint density at radius 1 is 1.50 bits per heavy atom. The molecule has 0 aliphatic rings. The van der Waals surface area contributed by atoms with Crippen LogP contribution in [0.5, 0.6) is 0 Å². The van der Waals surface area contributed by atoms with E-state index in [2.05, 4.69) is 6.58 Å². The van der Waals surface area contributed by atoms with Gasteiger partial charge in [-0.1, -0.05) is 6.58 Å².